The Morgan fingerprint density at radius 2 is 1.20 bits per heavy atom. The van der Waals surface area contributed by atoms with E-state index < -0.39 is 9.84 Å². The number of nitrogens with one attached hydrogen (secondary N) is 1. The predicted molar refractivity (Wildman–Crippen MR) is 186 cm³/mol. The highest BCUT2D eigenvalue weighted by Gasteiger charge is 2.20. The molecular formula is C33H40N12O4S. The number of nitrogens with two attached hydrogens (primary N) is 1. The smallest absolute Gasteiger partial charge is 0.248 e. The van der Waals surface area contributed by atoms with Crippen LogP contribution in [0.2, 0.25) is 0 Å². The summed E-state index contributed by atoms with van der Waals surface area (Å²) in [6.07, 6.45) is 11.3. The molecule has 0 unspecified atom stereocenters. The molecule has 0 radical (unpaired) electrons. The lowest BCUT2D eigenvalue weighted by Gasteiger charge is -2.26. The zero-order valence-corrected chi connectivity index (χ0v) is 28.4. The molecule has 2 aliphatic rings. The van der Waals surface area contributed by atoms with Gasteiger partial charge in [-0.25, -0.2) is 18.4 Å². The second-order valence-electron chi connectivity index (χ2n) is 12.4. The van der Waals surface area contributed by atoms with Crippen molar-refractivity contribution in [3.8, 4) is 11.6 Å². The van der Waals surface area contributed by atoms with Gasteiger partial charge in [-0.05, 0) is 75.6 Å². The summed E-state index contributed by atoms with van der Waals surface area (Å²) in [5.41, 5.74) is 8.80. The molecule has 0 saturated heterocycles. The van der Waals surface area contributed by atoms with E-state index in [1.165, 1.54) is 10.9 Å². The van der Waals surface area contributed by atoms with Crippen LogP contribution in [0.25, 0.3) is 33.7 Å². The third kappa shape index (κ3) is 8.78. The topological polar surface area (TPSA) is 226 Å². The van der Waals surface area contributed by atoms with Gasteiger partial charge >= 0.3 is 0 Å². The minimum absolute atomic E-state index is 0.0604. The van der Waals surface area contributed by atoms with Gasteiger partial charge in [0.2, 0.25) is 20.9 Å². The number of hydrogen-bond acceptors (Lipinski definition) is 14. The molecule has 2 aliphatic carbocycles. The summed E-state index contributed by atoms with van der Waals surface area (Å²) >= 11 is 0. The SMILES string of the molecule is CS(=O)(=O)c1nccc(-n2nnc3ccccc32)n1.NC1CCC(O)CC1.OC1CCC(Nc2nccc(-n3nnc4ccccc43)n2)CC1. The number of anilines is 1. The summed E-state index contributed by atoms with van der Waals surface area (Å²) < 4.78 is 26.1. The van der Waals surface area contributed by atoms with Gasteiger partial charge in [-0.2, -0.15) is 19.3 Å². The Morgan fingerprint density at radius 3 is 1.74 bits per heavy atom. The summed E-state index contributed by atoms with van der Waals surface area (Å²) in [5, 5.41) is 38.0. The Labute approximate surface area is 288 Å². The van der Waals surface area contributed by atoms with Gasteiger partial charge in [0, 0.05) is 42.9 Å². The van der Waals surface area contributed by atoms with Crippen LogP contribution in [0.15, 0.2) is 78.2 Å². The van der Waals surface area contributed by atoms with E-state index in [0.717, 1.165) is 74.2 Å². The third-order valence-electron chi connectivity index (χ3n) is 8.50. The number of sulfone groups is 1. The van der Waals surface area contributed by atoms with Crippen molar-refractivity contribution >= 4 is 37.9 Å². The lowest BCUT2D eigenvalue weighted by molar-refractivity contribution is 0.123. The second kappa shape index (κ2) is 15.7. The monoisotopic (exact) mass is 700 g/mol. The van der Waals surface area contributed by atoms with E-state index in [2.05, 4.69) is 45.9 Å². The second-order valence-corrected chi connectivity index (χ2v) is 14.3. The molecule has 0 atom stereocenters. The molecule has 8 rings (SSSR count). The van der Waals surface area contributed by atoms with E-state index in [0.29, 0.717) is 35.2 Å². The van der Waals surface area contributed by atoms with Gasteiger partial charge in [0.15, 0.2) is 11.6 Å². The molecule has 50 heavy (non-hydrogen) atoms. The van der Waals surface area contributed by atoms with Crippen molar-refractivity contribution in [2.45, 2.75) is 80.8 Å². The number of nitrogens with zero attached hydrogens (tertiary/aromatic N) is 10. The van der Waals surface area contributed by atoms with Crippen LogP contribution in [0.5, 0.6) is 0 Å². The van der Waals surface area contributed by atoms with Crippen LogP contribution in [0, 0.1) is 0 Å². The molecule has 17 heteroatoms. The number of para-hydroxylation sites is 2. The van der Waals surface area contributed by atoms with Crippen LogP contribution in [-0.4, -0.2) is 99.1 Å². The Kier molecular flexibility index (Phi) is 11.0. The maximum atomic E-state index is 11.4. The average molecular weight is 701 g/mol. The first-order chi connectivity index (χ1) is 24.1. The third-order valence-corrected chi connectivity index (χ3v) is 9.36. The van der Waals surface area contributed by atoms with Crippen LogP contribution in [0.3, 0.4) is 0 Å². The van der Waals surface area contributed by atoms with Crippen molar-refractivity contribution in [3.05, 3.63) is 73.1 Å². The van der Waals surface area contributed by atoms with Gasteiger partial charge in [0.1, 0.15) is 11.0 Å². The number of benzene rings is 2. The molecule has 6 aromatic rings. The van der Waals surface area contributed by atoms with Gasteiger partial charge in [-0.15, -0.1) is 10.2 Å². The first-order valence-electron chi connectivity index (χ1n) is 16.5. The fraction of sp³-hybridized carbons (Fsp3) is 0.394. The number of aromatic nitrogens is 10. The van der Waals surface area contributed by atoms with Crippen molar-refractivity contribution < 1.29 is 18.6 Å². The predicted octanol–water partition coefficient (Wildman–Crippen LogP) is 2.79. The summed E-state index contributed by atoms with van der Waals surface area (Å²) in [5.74, 6) is 1.64. The standard InChI is InChI=1S/C16H18N6O.C11H9N5O2S.C6H13NO/c23-12-7-5-11(6-8-12)18-16-17-10-9-15(19-16)22-14-4-2-1-3-13(14)20-21-22;1-19(17,18)11-12-7-6-10(13-11)16-9-5-3-2-4-8(9)14-15-16;7-5-1-3-6(8)4-2-5/h1-4,9-12,23H,5-8H2,(H,17,18,19);2-7H,1H3;5-6,8H,1-4,7H2. The van der Waals surface area contributed by atoms with Crippen LogP contribution < -0.4 is 11.1 Å². The van der Waals surface area contributed by atoms with Crippen molar-refractivity contribution in [2.75, 3.05) is 11.6 Å². The van der Waals surface area contributed by atoms with E-state index in [1.54, 1.807) is 16.9 Å². The Hall–Kier alpha value is -4.97. The van der Waals surface area contributed by atoms with E-state index >= 15 is 0 Å². The van der Waals surface area contributed by atoms with Crippen LogP contribution >= 0.6 is 0 Å². The molecule has 5 N–H and O–H groups in total. The summed E-state index contributed by atoms with van der Waals surface area (Å²) in [4.78, 5) is 16.6. The summed E-state index contributed by atoms with van der Waals surface area (Å²) in [7, 11) is -3.45. The number of fused-ring (bicyclic) bond motifs is 2. The fourth-order valence-electron chi connectivity index (χ4n) is 5.75. The average Bonchev–Trinajstić information content (AvgIpc) is 3.76. The zero-order chi connectivity index (χ0) is 35.1. The lowest BCUT2D eigenvalue weighted by atomic mass is 9.93. The van der Waals surface area contributed by atoms with Gasteiger partial charge < -0.3 is 21.3 Å². The minimum Gasteiger partial charge on any atom is -0.393 e. The highest BCUT2D eigenvalue weighted by molar-refractivity contribution is 7.90. The molecule has 0 aliphatic heterocycles. The quantitative estimate of drug-likeness (QED) is 0.190. The molecule has 262 valence electrons. The zero-order valence-electron chi connectivity index (χ0n) is 27.6. The summed E-state index contributed by atoms with van der Waals surface area (Å²) in [6.45, 7) is 0. The molecular weight excluding hydrogens is 661 g/mol. The minimum atomic E-state index is -3.45. The Bertz CT molecular complexity index is 2110. The lowest BCUT2D eigenvalue weighted by Crippen LogP contribution is -2.29. The molecule has 0 amide bonds. The van der Waals surface area contributed by atoms with E-state index in [4.69, 9.17) is 10.8 Å². The van der Waals surface area contributed by atoms with Crippen molar-refractivity contribution in [2.24, 2.45) is 5.73 Å². The van der Waals surface area contributed by atoms with Crippen molar-refractivity contribution in [1.82, 2.24) is 49.9 Å². The molecule has 4 heterocycles. The fourth-order valence-corrected chi connectivity index (χ4v) is 6.26. The van der Waals surface area contributed by atoms with Gasteiger partial charge in [-0.1, -0.05) is 34.7 Å². The maximum absolute atomic E-state index is 11.4. The Morgan fingerprint density at radius 1 is 0.700 bits per heavy atom. The van der Waals surface area contributed by atoms with E-state index in [9.17, 15) is 13.5 Å². The Balaban J connectivity index is 0.000000144. The first-order valence-corrected chi connectivity index (χ1v) is 18.4. The van der Waals surface area contributed by atoms with Crippen molar-refractivity contribution in [1.29, 1.82) is 0 Å². The van der Waals surface area contributed by atoms with E-state index in [1.807, 2.05) is 54.6 Å². The highest BCUT2D eigenvalue weighted by atomic mass is 32.2. The van der Waals surface area contributed by atoms with Crippen molar-refractivity contribution in [3.63, 3.8) is 0 Å². The number of hydrogen-bond donors (Lipinski definition) is 4. The number of rotatable bonds is 5. The maximum Gasteiger partial charge on any atom is 0.248 e. The largest absolute Gasteiger partial charge is 0.393 e. The molecule has 2 fully saturated rings. The van der Waals surface area contributed by atoms with Crippen LogP contribution in [0.4, 0.5) is 5.95 Å². The van der Waals surface area contributed by atoms with Crippen LogP contribution in [0.1, 0.15) is 51.4 Å². The van der Waals surface area contributed by atoms with E-state index in [-0.39, 0.29) is 17.4 Å². The molecule has 4 aromatic heterocycles. The van der Waals surface area contributed by atoms with Crippen LogP contribution in [-0.2, 0) is 9.84 Å². The van der Waals surface area contributed by atoms with Gasteiger partial charge in [0.05, 0.1) is 23.2 Å². The molecule has 2 saturated carbocycles. The number of aliphatic hydroxyl groups is 2. The van der Waals surface area contributed by atoms with Gasteiger partial charge in [-0.3, -0.25) is 0 Å². The molecule has 2 aromatic carbocycles. The number of aliphatic hydroxyl groups excluding tert-OH is 2. The normalized spacial score (nSPS) is 20.7. The molecule has 16 nitrogen and oxygen atoms in total. The first kappa shape index (κ1) is 34.9. The highest BCUT2D eigenvalue weighted by Crippen LogP contribution is 2.22. The summed E-state index contributed by atoms with van der Waals surface area (Å²) in [6, 6.07) is 19.2. The molecule has 0 spiro atoms. The van der Waals surface area contributed by atoms with Gasteiger partial charge in [0.25, 0.3) is 0 Å². The molecule has 0 bridgehead atoms.